The number of ether oxygens (including phenoxy) is 2. The van der Waals surface area contributed by atoms with Gasteiger partial charge in [-0.2, -0.15) is 0 Å². The summed E-state index contributed by atoms with van der Waals surface area (Å²) in [5, 5.41) is 4.45. The number of H-pyrrole nitrogens is 1. The van der Waals surface area contributed by atoms with E-state index >= 15 is 0 Å². The number of nitrogens with zero attached hydrogens (tertiary/aromatic N) is 1. The van der Waals surface area contributed by atoms with Crippen LogP contribution in [0.15, 0.2) is 40.0 Å². The van der Waals surface area contributed by atoms with Gasteiger partial charge >= 0.3 is 0 Å². The second-order valence-corrected chi connectivity index (χ2v) is 6.72. The summed E-state index contributed by atoms with van der Waals surface area (Å²) in [5.41, 5.74) is 1.63. The van der Waals surface area contributed by atoms with E-state index < -0.39 is 0 Å². The molecule has 1 aromatic heterocycles. The van der Waals surface area contributed by atoms with Gasteiger partial charge in [0.1, 0.15) is 30.1 Å². The van der Waals surface area contributed by atoms with E-state index in [1.807, 2.05) is 19.1 Å². The van der Waals surface area contributed by atoms with Gasteiger partial charge in [0, 0.05) is 12.1 Å². The van der Waals surface area contributed by atoms with Crippen LogP contribution in [0.4, 0.5) is 0 Å². The molecule has 0 aliphatic heterocycles. The molecule has 0 aliphatic rings. The highest BCUT2D eigenvalue weighted by Crippen LogP contribution is 2.37. The van der Waals surface area contributed by atoms with Crippen molar-refractivity contribution in [3.63, 3.8) is 0 Å². The van der Waals surface area contributed by atoms with E-state index in [2.05, 4.69) is 10.1 Å². The molecule has 1 aromatic carbocycles. The predicted octanol–water partition coefficient (Wildman–Crippen LogP) is 5.97. The average Bonchev–Trinajstić information content (AvgIpc) is 3.02. The third kappa shape index (κ3) is 6.65. The fourth-order valence-electron chi connectivity index (χ4n) is 1.90. The molecule has 140 valence electrons. The Hall–Kier alpha value is -1.53. The number of hydrogen-bond acceptors (Lipinski definition) is 4. The molecular weight excluding hydrogens is 422 g/mol. The van der Waals surface area contributed by atoms with Gasteiger partial charge in [-0.15, -0.1) is 0 Å². The minimum absolute atomic E-state index is 0.124. The molecule has 0 atom stereocenters. The maximum Gasteiger partial charge on any atom is 0.157 e. The molecule has 1 heterocycles. The molecule has 0 saturated heterocycles. The molecule has 0 radical (unpaired) electrons. The molecule has 9 heteroatoms. The minimum Gasteiger partial charge on any atom is -0.489 e. The normalized spacial score (nSPS) is 10.8. The Morgan fingerprint density at radius 3 is 2.54 bits per heavy atom. The van der Waals surface area contributed by atoms with Crippen LogP contribution in [0.5, 0.6) is 11.5 Å². The van der Waals surface area contributed by atoms with E-state index in [9.17, 15) is 0 Å². The fraction of sp³-hybridized carbons (Fsp3) is 0.235. The first kappa shape index (κ1) is 20.8. The number of aromatic nitrogens is 1. The summed E-state index contributed by atoms with van der Waals surface area (Å²) >= 11 is 23.5. The van der Waals surface area contributed by atoms with E-state index in [1.54, 1.807) is 18.3 Å². The van der Waals surface area contributed by atoms with E-state index in [-0.39, 0.29) is 17.7 Å². The molecule has 0 fully saturated rings. The average molecular weight is 438 g/mol. The number of aromatic amines is 1. The fourth-order valence-corrected chi connectivity index (χ4v) is 2.60. The molecule has 0 saturated carbocycles. The molecule has 0 aliphatic carbocycles. The molecule has 0 unspecified atom stereocenters. The lowest BCUT2D eigenvalue weighted by Gasteiger charge is -2.11. The number of oxime groups is 1. The maximum absolute atomic E-state index is 6.23. The lowest BCUT2D eigenvalue weighted by Crippen LogP contribution is -1.99. The zero-order chi connectivity index (χ0) is 18.9. The van der Waals surface area contributed by atoms with E-state index in [1.165, 1.54) is 6.08 Å². The highest BCUT2D eigenvalue weighted by atomic mass is 35.5. The number of halogens is 4. The Bertz CT molecular complexity index is 763. The standard InChI is InChI=1S/C17H16Cl4N2O3/c1-2-26-22-9-11-3-4-12(23-11)10-25-17-14(18)7-13(8-15(17)19)24-6-5-16(20)21/h3-5,7-9,23H,2,6,10H2,1H3. The summed E-state index contributed by atoms with van der Waals surface area (Å²) < 4.78 is 11.3. The lowest BCUT2D eigenvalue weighted by atomic mass is 10.3. The second kappa shape index (κ2) is 10.6. The summed E-state index contributed by atoms with van der Waals surface area (Å²) in [6, 6.07) is 6.94. The SMILES string of the molecule is CCON=Cc1ccc(COc2c(Cl)cc(OCC=C(Cl)Cl)cc2Cl)[nH]1. The molecular formula is C17H16Cl4N2O3. The van der Waals surface area contributed by atoms with Gasteiger partial charge in [-0.3, -0.25) is 0 Å². The van der Waals surface area contributed by atoms with Crippen molar-refractivity contribution >= 4 is 52.6 Å². The molecule has 2 aromatic rings. The van der Waals surface area contributed by atoms with Crippen molar-refractivity contribution in [3.8, 4) is 11.5 Å². The Morgan fingerprint density at radius 1 is 1.15 bits per heavy atom. The van der Waals surface area contributed by atoms with Crippen molar-refractivity contribution < 1.29 is 14.3 Å². The number of benzene rings is 1. The van der Waals surface area contributed by atoms with Gasteiger partial charge in [-0.1, -0.05) is 51.6 Å². The smallest absolute Gasteiger partial charge is 0.157 e. The van der Waals surface area contributed by atoms with Crippen LogP contribution in [0, 0.1) is 0 Å². The van der Waals surface area contributed by atoms with Gasteiger partial charge in [0.15, 0.2) is 5.75 Å². The van der Waals surface area contributed by atoms with Crippen molar-refractivity contribution in [2.75, 3.05) is 13.2 Å². The van der Waals surface area contributed by atoms with Gasteiger partial charge in [0.25, 0.3) is 0 Å². The predicted molar refractivity (Wildman–Crippen MR) is 106 cm³/mol. The largest absolute Gasteiger partial charge is 0.489 e. The lowest BCUT2D eigenvalue weighted by molar-refractivity contribution is 0.160. The summed E-state index contributed by atoms with van der Waals surface area (Å²) in [7, 11) is 0. The van der Waals surface area contributed by atoms with E-state index in [0.29, 0.717) is 28.2 Å². The van der Waals surface area contributed by atoms with Crippen LogP contribution in [0.25, 0.3) is 0 Å². The van der Waals surface area contributed by atoms with E-state index in [0.717, 1.165) is 11.4 Å². The Balaban J connectivity index is 1.98. The molecule has 1 N–H and O–H groups in total. The molecule has 0 spiro atoms. The third-order valence-electron chi connectivity index (χ3n) is 3.00. The monoisotopic (exact) mass is 436 g/mol. The molecule has 0 bridgehead atoms. The highest BCUT2D eigenvalue weighted by molar-refractivity contribution is 6.55. The molecule has 5 nitrogen and oxygen atoms in total. The summed E-state index contributed by atoms with van der Waals surface area (Å²) in [6.07, 6.45) is 3.09. The summed E-state index contributed by atoms with van der Waals surface area (Å²) in [5.74, 6) is 0.846. The van der Waals surface area contributed by atoms with Crippen LogP contribution < -0.4 is 9.47 Å². The van der Waals surface area contributed by atoms with Crippen molar-refractivity contribution in [2.24, 2.45) is 5.16 Å². The molecule has 0 amide bonds. The van der Waals surface area contributed by atoms with Gasteiger partial charge < -0.3 is 19.3 Å². The van der Waals surface area contributed by atoms with Gasteiger partial charge in [-0.25, -0.2) is 0 Å². The topological polar surface area (TPSA) is 55.8 Å². The second-order valence-electron chi connectivity index (χ2n) is 4.90. The van der Waals surface area contributed by atoms with Gasteiger partial charge in [0.05, 0.1) is 27.6 Å². The molecule has 26 heavy (non-hydrogen) atoms. The number of nitrogens with one attached hydrogen (secondary N) is 1. The van der Waals surface area contributed by atoms with Crippen LogP contribution in [0.3, 0.4) is 0 Å². The Kier molecular flexibility index (Phi) is 8.45. The Morgan fingerprint density at radius 2 is 1.88 bits per heavy atom. The Labute approximate surface area is 171 Å². The highest BCUT2D eigenvalue weighted by Gasteiger charge is 2.11. The van der Waals surface area contributed by atoms with Crippen LogP contribution in [0.2, 0.25) is 10.0 Å². The molecule has 2 rings (SSSR count). The van der Waals surface area contributed by atoms with Crippen molar-refractivity contribution in [1.82, 2.24) is 4.98 Å². The first-order valence-corrected chi connectivity index (χ1v) is 9.09. The summed E-state index contributed by atoms with van der Waals surface area (Å²) in [6.45, 7) is 2.83. The van der Waals surface area contributed by atoms with Gasteiger partial charge in [-0.05, 0) is 25.1 Å². The van der Waals surface area contributed by atoms with Crippen LogP contribution in [0.1, 0.15) is 18.3 Å². The van der Waals surface area contributed by atoms with Crippen LogP contribution >= 0.6 is 46.4 Å². The van der Waals surface area contributed by atoms with Crippen molar-refractivity contribution in [1.29, 1.82) is 0 Å². The quantitative estimate of drug-likeness (QED) is 0.388. The number of hydrogen-bond donors (Lipinski definition) is 1. The maximum atomic E-state index is 6.23. The first-order valence-electron chi connectivity index (χ1n) is 7.58. The zero-order valence-electron chi connectivity index (χ0n) is 13.8. The van der Waals surface area contributed by atoms with Crippen molar-refractivity contribution in [2.45, 2.75) is 13.5 Å². The first-order chi connectivity index (χ1) is 12.5. The summed E-state index contributed by atoms with van der Waals surface area (Å²) in [4.78, 5) is 8.05. The minimum atomic E-state index is 0.124. The number of rotatable bonds is 9. The van der Waals surface area contributed by atoms with Crippen LogP contribution in [-0.2, 0) is 11.4 Å². The van der Waals surface area contributed by atoms with Crippen LogP contribution in [-0.4, -0.2) is 24.4 Å². The third-order valence-corrected chi connectivity index (χ3v) is 3.87. The van der Waals surface area contributed by atoms with E-state index in [4.69, 9.17) is 60.7 Å². The van der Waals surface area contributed by atoms with Gasteiger partial charge in [0.2, 0.25) is 0 Å². The van der Waals surface area contributed by atoms with Crippen molar-refractivity contribution in [3.05, 3.63) is 56.3 Å². The zero-order valence-corrected chi connectivity index (χ0v) is 16.8.